The maximum Gasteiger partial charge on any atom is 0.258 e. The molecule has 0 atom stereocenters. The first-order valence-corrected chi connectivity index (χ1v) is 6.37. The van der Waals surface area contributed by atoms with Crippen molar-refractivity contribution in [2.45, 2.75) is 0 Å². The number of carbonyl (C=O) groups excluding carboxylic acids is 1. The molecule has 0 aliphatic heterocycles. The second-order valence-electron chi connectivity index (χ2n) is 4.08. The number of hydrogen-bond acceptors (Lipinski definition) is 2. The molecule has 0 spiro atoms. The Kier molecular flexibility index (Phi) is 3.85. The number of nitrogens with zero attached hydrogens (tertiary/aromatic N) is 1. The molecule has 0 aliphatic carbocycles. The summed E-state index contributed by atoms with van der Waals surface area (Å²) in [5.41, 5.74) is 7.36. The van der Waals surface area contributed by atoms with Gasteiger partial charge in [-0.25, -0.2) is 4.39 Å². The van der Waals surface area contributed by atoms with Crippen molar-refractivity contribution >= 4 is 33.2 Å². The standard InChI is InChI=1S/C14H12BrFN2O/c1-18(11-5-3-10(17)4-6-11)14(19)9-2-7-13(16)12(15)8-9/h2-8H,17H2,1H3. The van der Waals surface area contributed by atoms with Crippen molar-refractivity contribution < 1.29 is 9.18 Å². The summed E-state index contributed by atoms with van der Waals surface area (Å²) >= 11 is 3.07. The molecule has 0 aliphatic rings. The molecule has 2 aromatic rings. The number of anilines is 2. The molecule has 19 heavy (non-hydrogen) atoms. The van der Waals surface area contributed by atoms with Gasteiger partial charge in [-0.05, 0) is 58.4 Å². The molecule has 0 bridgehead atoms. The highest BCUT2D eigenvalue weighted by Crippen LogP contribution is 2.21. The monoisotopic (exact) mass is 322 g/mol. The Hall–Kier alpha value is -1.88. The lowest BCUT2D eigenvalue weighted by atomic mass is 10.2. The van der Waals surface area contributed by atoms with E-state index in [9.17, 15) is 9.18 Å². The van der Waals surface area contributed by atoms with Crippen LogP contribution in [0, 0.1) is 5.82 Å². The van der Waals surface area contributed by atoms with Crippen molar-refractivity contribution in [3.8, 4) is 0 Å². The third-order valence-electron chi connectivity index (χ3n) is 2.75. The van der Waals surface area contributed by atoms with Gasteiger partial charge in [-0.1, -0.05) is 0 Å². The SMILES string of the molecule is CN(C(=O)c1ccc(F)c(Br)c1)c1ccc(N)cc1. The number of benzene rings is 2. The third-order valence-corrected chi connectivity index (χ3v) is 3.36. The summed E-state index contributed by atoms with van der Waals surface area (Å²) in [5.74, 6) is -0.614. The lowest BCUT2D eigenvalue weighted by Crippen LogP contribution is -2.26. The van der Waals surface area contributed by atoms with Gasteiger partial charge < -0.3 is 10.6 Å². The summed E-state index contributed by atoms with van der Waals surface area (Å²) in [6.07, 6.45) is 0. The first kappa shape index (κ1) is 13.5. The highest BCUT2D eigenvalue weighted by atomic mass is 79.9. The molecular weight excluding hydrogens is 311 g/mol. The van der Waals surface area contributed by atoms with E-state index in [1.54, 1.807) is 31.3 Å². The number of hydrogen-bond donors (Lipinski definition) is 1. The van der Waals surface area contributed by atoms with Gasteiger partial charge in [-0.2, -0.15) is 0 Å². The van der Waals surface area contributed by atoms with E-state index in [0.717, 1.165) is 5.69 Å². The lowest BCUT2D eigenvalue weighted by Gasteiger charge is -2.17. The second kappa shape index (κ2) is 5.40. The van der Waals surface area contributed by atoms with Crippen LogP contribution in [0.25, 0.3) is 0 Å². The van der Waals surface area contributed by atoms with Crippen molar-refractivity contribution in [1.82, 2.24) is 0 Å². The van der Waals surface area contributed by atoms with Gasteiger partial charge in [0.15, 0.2) is 0 Å². The van der Waals surface area contributed by atoms with Crippen LogP contribution in [0.1, 0.15) is 10.4 Å². The van der Waals surface area contributed by atoms with E-state index in [-0.39, 0.29) is 10.4 Å². The fourth-order valence-electron chi connectivity index (χ4n) is 1.64. The molecule has 98 valence electrons. The number of amides is 1. The molecule has 0 saturated carbocycles. The van der Waals surface area contributed by atoms with Crippen molar-refractivity contribution in [2.75, 3.05) is 17.7 Å². The van der Waals surface area contributed by atoms with Crippen LogP contribution < -0.4 is 10.6 Å². The Morgan fingerprint density at radius 2 is 1.84 bits per heavy atom. The van der Waals surface area contributed by atoms with E-state index in [4.69, 9.17) is 5.73 Å². The van der Waals surface area contributed by atoms with Gasteiger partial charge in [0, 0.05) is 24.0 Å². The van der Waals surface area contributed by atoms with Crippen LogP contribution in [0.2, 0.25) is 0 Å². The van der Waals surface area contributed by atoms with Gasteiger partial charge in [0.2, 0.25) is 0 Å². The Morgan fingerprint density at radius 3 is 2.42 bits per heavy atom. The van der Waals surface area contributed by atoms with Crippen molar-refractivity contribution in [2.24, 2.45) is 0 Å². The van der Waals surface area contributed by atoms with E-state index in [1.807, 2.05) is 0 Å². The number of nitrogens with two attached hydrogens (primary N) is 1. The smallest absolute Gasteiger partial charge is 0.258 e. The predicted octanol–water partition coefficient (Wildman–Crippen LogP) is 3.45. The number of carbonyl (C=O) groups is 1. The molecule has 0 heterocycles. The Bertz CT molecular complexity index is 613. The van der Waals surface area contributed by atoms with E-state index in [1.165, 1.54) is 23.1 Å². The molecule has 0 unspecified atom stereocenters. The molecular formula is C14H12BrFN2O. The van der Waals surface area contributed by atoms with Crippen LogP contribution in [0.15, 0.2) is 46.9 Å². The van der Waals surface area contributed by atoms with Crippen LogP contribution in [0.5, 0.6) is 0 Å². The van der Waals surface area contributed by atoms with Crippen LogP contribution in [0.3, 0.4) is 0 Å². The van der Waals surface area contributed by atoms with E-state index in [2.05, 4.69) is 15.9 Å². The van der Waals surface area contributed by atoms with Gasteiger partial charge in [-0.3, -0.25) is 4.79 Å². The average Bonchev–Trinajstić information content (AvgIpc) is 2.41. The third kappa shape index (κ3) is 2.93. The highest BCUT2D eigenvalue weighted by molar-refractivity contribution is 9.10. The summed E-state index contributed by atoms with van der Waals surface area (Å²) in [6.45, 7) is 0. The van der Waals surface area contributed by atoms with Gasteiger partial charge in [0.25, 0.3) is 5.91 Å². The number of rotatable bonds is 2. The molecule has 3 nitrogen and oxygen atoms in total. The minimum absolute atomic E-state index is 0.217. The molecule has 2 N–H and O–H groups in total. The Balaban J connectivity index is 2.28. The maximum atomic E-state index is 13.1. The normalized spacial score (nSPS) is 10.3. The zero-order chi connectivity index (χ0) is 14.0. The molecule has 0 radical (unpaired) electrons. The Labute approximate surface area is 119 Å². The molecule has 5 heteroatoms. The van der Waals surface area contributed by atoms with Gasteiger partial charge in [0.05, 0.1) is 4.47 Å². The van der Waals surface area contributed by atoms with E-state index >= 15 is 0 Å². The molecule has 0 saturated heterocycles. The minimum atomic E-state index is -0.397. The van der Waals surface area contributed by atoms with Gasteiger partial charge >= 0.3 is 0 Å². The van der Waals surface area contributed by atoms with Crippen LogP contribution >= 0.6 is 15.9 Å². The van der Waals surface area contributed by atoms with Crippen molar-refractivity contribution in [3.05, 3.63) is 58.3 Å². The predicted molar refractivity (Wildman–Crippen MR) is 77.7 cm³/mol. The summed E-state index contributed by atoms with van der Waals surface area (Å²) in [6, 6.07) is 11.1. The molecule has 1 amide bonds. The Morgan fingerprint density at radius 1 is 1.21 bits per heavy atom. The zero-order valence-corrected chi connectivity index (χ0v) is 11.8. The highest BCUT2D eigenvalue weighted by Gasteiger charge is 2.14. The fraction of sp³-hybridized carbons (Fsp3) is 0.0714. The summed E-state index contributed by atoms with van der Waals surface area (Å²) in [4.78, 5) is 13.7. The topological polar surface area (TPSA) is 46.3 Å². The van der Waals surface area contributed by atoms with Crippen LogP contribution in [-0.2, 0) is 0 Å². The summed E-state index contributed by atoms with van der Waals surface area (Å²) in [5, 5.41) is 0. The molecule has 2 aromatic carbocycles. The quantitative estimate of drug-likeness (QED) is 0.861. The largest absolute Gasteiger partial charge is 0.399 e. The maximum absolute atomic E-state index is 13.1. The summed E-state index contributed by atoms with van der Waals surface area (Å²) < 4.78 is 13.4. The fourth-order valence-corrected chi connectivity index (χ4v) is 2.02. The van der Waals surface area contributed by atoms with Gasteiger partial charge in [0.1, 0.15) is 5.82 Å². The van der Waals surface area contributed by atoms with Crippen LogP contribution in [0.4, 0.5) is 15.8 Å². The van der Waals surface area contributed by atoms with Crippen molar-refractivity contribution in [3.63, 3.8) is 0 Å². The van der Waals surface area contributed by atoms with E-state index in [0.29, 0.717) is 11.3 Å². The zero-order valence-electron chi connectivity index (χ0n) is 10.2. The first-order chi connectivity index (χ1) is 8.99. The number of halogens is 2. The number of nitrogen functional groups attached to an aromatic ring is 1. The summed E-state index contributed by atoms with van der Waals surface area (Å²) in [7, 11) is 1.66. The molecule has 0 fully saturated rings. The minimum Gasteiger partial charge on any atom is -0.399 e. The molecule has 2 rings (SSSR count). The van der Waals surface area contributed by atoms with Crippen LogP contribution in [-0.4, -0.2) is 13.0 Å². The second-order valence-corrected chi connectivity index (χ2v) is 4.94. The van der Waals surface area contributed by atoms with Gasteiger partial charge in [-0.15, -0.1) is 0 Å². The first-order valence-electron chi connectivity index (χ1n) is 5.57. The lowest BCUT2D eigenvalue weighted by molar-refractivity contribution is 0.0993. The van der Waals surface area contributed by atoms with Crippen molar-refractivity contribution in [1.29, 1.82) is 0 Å². The molecule has 0 aromatic heterocycles. The van der Waals surface area contributed by atoms with E-state index < -0.39 is 5.82 Å². The average molecular weight is 323 g/mol.